The number of halogens is 1. The zero-order chi connectivity index (χ0) is 19.6. The van der Waals surface area contributed by atoms with Crippen LogP contribution in [0.5, 0.6) is 0 Å². The van der Waals surface area contributed by atoms with Gasteiger partial charge in [0.25, 0.3) is 0 Å². The molecule has 0 unspecified atom stereocenters. The average molecular weight is 380 g/mol. The molecule has 0 aromatic heterocycles. The van der Waals surface area contributed by atoms with E-state index < -0.39 is 0 Å². The predicted molar refractivity (Wildman–Crippen MR) is 105 cm³/mol. The highest BCUT2D eigenvalue weighted by Crippen LogP contribution is 2.45. The molecule has 1 N–H and O–H groups in total. The van der Waals surface area contributed by atoms with Crippen LogP contribution in [0.25, 0.3) is 0 Å². The number of amides is 2. The first-order valence-electron chi connectivity index (χ1n) is 9.95. The van der Waals surface area contributed by atoms with E-state index in [1.54, 1.807) is 11.0 Å². The summed E-state index contributed by atoms with van der Waals surface area (Å²) in [6.07, 6.45) is 3.48. The molecule has 1 saturated heterocycles. The number of nitrogens with zero attached hydrogens (tertiary/aromatic N) is 1. The van der Waals surface area contributed by atoms with E-state index >= 15 is 0 Å². The second kappa shape index (κ2) is 7.74. The van der Waals surface area contributed by atoms with Crippen molar-refractivity contribution in [1.82, 2.24) is 10.2 Å². The lowest BCUT2D eigenvalue weighted by atomic mass is 9.95. The summed E-state index contributed by atoms with van der Waals surface area (Å²) in [5, 5.41) is 3.24. The molecule has 1 atom stereocenters. The van der Waals surface area contributed by atoms with Crippen molar-refractivity contribution in [2.24, 2.45) is 5.92 Å². The first-order valence-corrected chi connectivity index (χ1v) is 9.95. The van der Waals surface area contributed by atoms with E-state index in [-0.39, 0.29) is 29.1 Å². The van der Waals surface area contributed by atoms with Crippen LogP contribution in [0, 0.1) is 11.7 Å². The van der Waals surface area contributed by atoms with Gasteiger partial charge in [-0.3, -0.25) is 9.59 Å². The normalized spacial score (nSPS) is 20.7. The minimum atomic E-state index is -0.268. The predicted octanol–water partition coefficient (Wildman–Crippen LogP) is 3.41. The highest BCUT2D eigenvalue weighted by Gasteiger charge is 2.46. The number of hydrogen-bond donors (Lipinski definition) is 1. The molecule has 1 saturated carbocycles. The second-order valence-electron chi connectivity index (χ2n) is 7.89. The largest absolute Gasteiger partial charge is 0.346 e. The summed E-state index contributed by atoms with van der Waals surface area (Å²) in [5.41, 5.74) is 1.78. The summed E-state index contributed by atoms with van der Waals surface area (Å²) in [4.78, 5) is 26.9. The fourth-order valence-corrected chi connectivity index (χ4v) is 4.01. The van der Waals surface area contributed by atoms with Crippen molar-refractivity contribution in [1.29, 1.82) is 0 Å². The molecule has 4 rings (SSSR count). The zero-order valence-electron chi connectivity index (χ0n) is 15.9. The standard InChI is InChI=1S/C23H25FN2O2/c24-20-8-4-5-17(15-20)11-14-26-16-18(9-10-21(26)27)22(28)25-23(12-13-23)19-6-2-1-3-7-19/h1-8,15,18H,9-14,16H2,(H,25,28)/t18-/m0/s1. The lowest BCUT2D eigenvalue weighted by molar-refractivity contribution is -0.138. The van der Waals surface area contributed by atoms with Crippen LogP contribution in [0.15, 0.2) is 54.6 Å². The quantitative estimate of drug-likeness (QED) is 0.835. The molecular formula is C23H25FN2O2. The molecule has 0 bridgehead atoms. The Hall–Kier alpha value is -2.69. The lowest BCUT2D eigenvalue weighted by Crippen LogP contribution is -2.48. The van der Waals surface area contributed by atoms with Gasteiger partial charge in [0.1, 0.15) is 5.82 Å². The van der Waals surface area contributed by atoms with Crippen LogP contribution in [0.1, 0.15) is 36.8 Å². The fraction of sp³-hybridized carbons (Fsp3) is 0.391. The van der Waals surface area contributed by atoms with Crippen molar-refractivity contribution in [3.63, 3.8) is 0 Å². The number of nitrogens with one attached hydrogen (secondary N) is 1. The first-order chi connectivity index (χ1) is 13.6. The summed E-state index contributed by atoms with van der Waals surface area (Å²) in [7, 11) is 0. The Balaban J connectivity index is 1.36. The van der Waals surface area contributed by atoms with E-state index in [9.17, 15) is 14.0 Å². The molecule has 5 heteroatoms. The van der Waals surface area contributed by atoms with Crippen LogP contribution < -0.4 is 5.32 Å². The molecule has 4 nitrogen and oxygen atoms in total. The van der Waals surface area contributed by atoms with Gasteiger partial charge in [-0.15, -0.1) is 0 Å². The number of hydrogen-bond acceptors (Lipinski definition) is 2. The number of carbonyl (C=O) groups excluding carboxylic acids is 2. The Bertz CT molecular complexity index is 864. The minimum absolute atomic E-state index is 0.0320. The zero-order valence-corrected chi connectivity index (χ0v) is 15.9. The third kappa shape index (κ3) is 4.08. The number of likely N-dealkylation sites (tertiary alicyclic amines) is 1. The second-order valence-corrected chi connectivity index (χ2v) is 7.89. The van der Waals surface area contributed by atoms with Gasteiger partial charge < -0.3 is 10.2 Å². The molecule has 146 valence electrons. The molecule has 1 aliphatic carbocycles. The summed E-state index contributed by atoms with van der Waals surface area (Å²) < 4.78 is 13.3. The number of carbonyl (C=O) groups is 2. The van der Waals surface area contributed by atoms with Crippen LogP contribution in [-0.2, 0) is 21.5 Å². The Morgan fingerprint density at radius 2 is 1.93 bits per heavy atom. The molecule has 1 heterocycles. The van der Waals surface area contributed by atoms with Crippen LogP contribution in [0.2, 0.25) is 0 Å². The highest BCUT2D eigenvalue weighted by molar-refractivity contribution is 5.84. The summed E-state index contributed by atoms with van der Waals surface area (Å²) in [5.74, 6) is -0.351. The van der Waals surface area contributed by atoms with Gasteiger partial charge in [0.05, 0.1) is 11.5 Å². The van der Waals surface area contributed by atoms with Crippen molar-refractivity contribution in [3.8, 4) is 0 Å². The van der Waals surface area contributed by atoms with E-state index in [0.717, 1.165) is 24.0 Å². The Morgan fingerprint density at radius 3 is 2.64 bits per heavy atom. The molecule has 1 aliphatic heterocycles. The average Bonchev–Trinajstić information content (AvgIpc) is 3.49. The van der Waals surface area contributed by atoms with Gasteiger partial charge in [-0.05, 0) is 48.9 Å². The number of benzene rings is 2. The molecule has 2 aromatic carbocycles. The van der Waals surface area contributed by atoms with Crippen molar-refractivity contribution in [2.75, 3.05) is 13.1 Å². The van der Waals surface area contributed by atoms with Crippen molar-refractivity contribution in [3.05, 3.63) is 71.5 Å². The Labute approximate surface area is 164 Å². The maximum atomic E-state index is 13.3. The van der Waals surface area contributed by atoms with E-state index in [1.807, 2.05) is 24.3 Å². The molecule has 2 aliphatic rings. The summed E-state index contributed by atoms with van der Waals surface area (Å²) >= 11 is 0. The third-order valence-corrected chi connectivity index (χ3v) is 5.87. The summed E-state index contributed by atoms with van der Waals surface area (Å²) in [6, 6.07) is 16.5. The van der Waals surface area contributed by atoms with Crippen LogP contribution in [0.3, 0.4) is 0 Å². The van der Waals surface area contributed by atoms with Gasteiger partial charge in [0.2, 0.25) is 11.8 Å². The molecule has 2 aromatic rings. The molecule has 28 heavy (non-hydrogen) atoms. The minimum Gasteiger partial charge on any atom is -0.346 e. The van der Waals surface area contributed by atoms with E-state index in [4.69, 9.17) is 0 Å². The maximum Gasteiger partial charge on any atom is 0.225 e. The monoisotopic (exact) mass is 380 g/mol. The molecular weight excluding hydrogens is 355 g/mol. The Kier molecular flexibility index (Phi) is 5.16. The van der Waals surface area contributed by atoms with Gasteiger partial charge in [-0.1, -0.05) is 42.5 Å². The van der Waals surface area contributed by atoms with Crippen LogP contribution in [-0.4, -0.2) is 29.8 Å². The summed E-state index contributed by atoms with van der Waals surface area (Å²) in [6.45, 7) is 0.945. The molecule has 0 radical (unpaired) electrons. The maximum absolute atomic E-state index is 13.3. The van der Waals surface area contributed by atoms with E-state index in [2.05, 4.69) is 17.4 Å². The van der Waals surface area contributed by atoms with E-state index in [0.29, 0.717) is 32.4 Å². The first kappa shape index (κ1) is 18.7. The molecule has 0 spiro atoms. The molecule has 2 fully saturated rings. The number of rotatable bonds is 6. The number of piperidine rings is 1. The van der Waals surface area contributed by atoms with Gasteiger partial charge in [0.15, 0.2) is 0 Å². The molecule has 2 amide bonds. The van der Waals surface area contributed by atoms with Gasteiger partial charge in [-0.2, -0.15) is 0 Å². The van der Waals surface area contributed by atoms with Crippen molar-refractivity contribution >= 4 is 11.8 Å². The van der Waals surface area contributed by atoms with Gasteiger partial charge >= 0.3 is 0 Å². The van der Waals surface area contributed by atoms with Gasteiger partial charge in [0, 0.05) is 19.5 Å². The highest BCUT2D eigenvalue weighted by atomic mass is 19.1. The lowest BCUT2D eigenvalue weighted by Gasteiger charge is -2.33. The van der Waals surface area contributed by atoms with Crippen LogP contribution in [0.4, 0.5) is 4.39 Å². The smallest absolute Gasteiger partial charge is 0.225 e. The SMILES string of the molecule is O=C(NC1(c2ccccc2)CC1)[C@H]1CCC(=O)N(CCc2cccc(F)c2)C1. The van der Waals surface area contributed by atoms with Crippen molar-refractivity contribution in [2.45, 2.75) is 37.6 Å². The van der Waals surface area contributed by atoms with E-state index in [1.165, 1.54) is 12.1 Å². The fourth-order valence-electron chi connectivity index (χ4n) is 4.01. The van der Waals surface area contributed by atoms with Crippen molar-refractivity contribution < 1.29 is 14.0 Å². The van der Waals surface area contributed by atoms with Gasteiger partial charge in [-0.25, -0.2) is 4.39 Å². The topological polar surface area (TPSA) is 49.4 Å². The van der Waals surface area contributed by atoms with Crippen LogP contribution >= 0.6 is 0 Å². The Morgan fingerprint density at radius 1 is 1.14 bits per heavy atom. The third-order valence-electron chi connectivity index (χ3n) is 5.87.